The van der Waals surface area contributed by atoms with Crippen LogP contribution in [0.1, 0.15) is 19.8 Å². The number of nitrogens with one attached hydrogen (secondary N) is 2. The molecule has 1 aromatic heterocycles. The molecule has 2 N–H and O–H groups in total. The van der Waals surface area contributed by atoms with Crippen LogP contribution >= 0.6 is 0 Å². The van der Waals surface area contributed by atoms with Gasteiger partial charge < -0.3 is 19.9 Å². The smallest absolute Gasteiger partial charge is 0.325 e. The summed E-state index contributed by atoms with van der Waals surface area (Å²) in [4.78, 5) is 26.2. The van der Waals surface area contributed by atoms with E-state index < -0.39 is 5.97 Å². The first-order valence-electron chi connectivity index (χ1n) is 6.35. The van der Waals surface area contributed by atoms with Crippen LogP contribution in [-0.4, -0.2) is 41.2 Å². The summed E-state index contributed by atoms with van der Waals surface area (Å²) in [5, 5.41) is 5.11. The van der Waals surface area contributed by atoms with Crippen LogP contribution in [-0.2, 0) is 16.1 Å². The minimum Gasteiger partial charge on any atom is -0.465 e. The Kier molecular flexibility index (Phi) is 7.08. The van der Waals surface area contributed by atoms with E-state index in [0.717, 1.165) is 19.4 Å². The van der Waals surface area contributed by atoms with E-state index in [1.54, 1.807) is 19.4 Å². The van der Waals surface area contributed by atoms with E-state index in [4.69, 9.17) is 0 Å². The summed E-state index contributed by atoms with van der Waals surface area (Å²) in [6.45, 7) is 3.39. The van der Waals surface area contributed by atoms with Gasteiger partial charge in [-0.05, 0) is 19.8 Å². The van der Waals surface area contributed by atoms with Crippen molar-refractivity contribution in [1.29, 1.82) is 0 Å². The third-order valence-electron chi connectivity index (χ3n) is 2.39. The van der Waals surface area contributed by atoms with Crippen LogP contribution in [0.5, 0.6) is 0 Å². The minimum absolute atomic E-state index is 0.102. The van der Waals surface area contributed by atoms with E-state index in [2.05, 4.69) is 20.4 Å². The van der Waals surface area contributed by atoms with Gasteiger partial charge in [0.25, 0.3) is 0 Å². The first-order valence-corrected chi connectivity index (χ1v) is 6.35. The molecule has 2 amide bonds. The average Bonchev–Trinajstić information content (AvgIpc) is 2.89. The molecule has 0 aliphatic rings. The molecule has 0 bridgehead atoms. The van der Waals surface area contributed by atoms with Crippen molar-refractivity contribution >= 4 is 12.0 Å². The van der Waals surface area contributed by atoms with Gasteiger partial charge >= 0.3 is 12.0 Å². The van der Waals surface area contributed by atoms with E-state index in [9.17, 15) is 9.59 Å². The van der Waals surface area contributed by atoms with Crippen molar-refractivity contribution in [2.45, 2.75) is 26.3 Å². The highest BCUT2D eigenvalue weighted by Gasteiger charge is 2.04. The van der Waals surface area contributed by atoms with Crippen LogP contribution in [0.3, 0.4) is 0 Å². The van der Waals surface area contributed by atoms with Crippen molar-refractivity contribution in [2.24, 2.45) is 0 Å². The minimum atomic E-state index is -0.433. The van der Waals surface area contributed by atoms with Crippen LogP contribution < -0.4 is 10.6 Å². The molecule has 0 saturated heterocycles. The van der Waals surface area contributed by atoms with Gasteiger partial charge in [-0.3, -0.25) is 4.79 Å². The molecule has 0 aliphatic carbocycles. The molecule has 7 nitrogen and oxygen atoms in total. The molecule has 0 aliphatic heterocycles. The number of amides is 2. The third-order valence-corrected chi connectivity index (χ3v) is 2.39. The van der Waals surface area contributed by atoms with Gasteiger partial charge in [0.2, 0.25) is 0 Å². The zero-order valence-electron chi connectivity index (χ0n) is 11.1. The van der Waals surface area contributed by atoms with Gasteiger partial charge in [0, 0.05) is 25.5 Å². The Labute approximate surface area is 112 Å². The Morgan fingerprint density at radius 1 is 1.32 bits per heavy atom. The van der Waals surface area contributed by atoms with E-state index in [1.165, 1.54) is 0 Å². The maximum atomic E-state index is 11.3. The number of esters is 1. The molecule has 0 fully saturated rings. The van der Waals surface area contributed by atoms with Crippen LogP contribution in [0.2, 0.25) is 0 Å². The number of carbonyl (C=O) groups excluding carboxylic acids is 2. The predicted molar refractivity (Wildman–Crippen MR) is 69.5 cm³/mol. The van der Waals surface area contributed by atoms with Crippen molar-refractivity contribution in [1.82, 2.24) is 20.2 Å². The van der Waals surface area contributed by atoms with Crippen molar-refractivity contribution in [3.63, 3.8) is 0 Å². The molecule has 0 aromatic carbocycles. The number of ether oxygens (including phenoxy) is 1. The maximum Gasteiger partial charge on any atom is 0.325 e. The number of carbonyl (C=O) groups is 2. The van der Waals surface area contributed by atoms with Crippen LogP contribution in [0.25, 0.3) is 0 Å². The van der Waals surface area contributed by atoms with E-state index in [0.29, 0.717) is 13.2 Å². The number of hydrogen-bond acceptors (Lipinski definition) is 4. The Hall–Kier alpha value is -2.05. The summed E-state index contributed by atoms with van der Waals surface area (Å²) in [6, 6.07) is -0.351. The van der Waals surface area contributed by atoms with Crippen molar-refractivity contribution < 1.29 is 14.3 Å². The van der Waals surface area contributed by atoms with Crippen LogP contribution in [0.4, 0.5) is 4.79 Å². The number of hydrogen-bond donors (Lipinski definition) is 2. The third kappa shape index (κ3) is 7.07. The normalized spacial score (nSPS) is 9.95. The summed E-state index contributed by atoms with van der Waals surface area (Å²) < 4.78 is 6.67. The fraction of sp³-hybridized carbons (Fsp3) is 0.583. The Balaban J connectivity index is 1.96. The Morgan fingerprint density at radius 2 is 2.16 bits per heavy atom. The lowest BCUT2D eigenvalue weighted by Gasteiger charge is -2.07. The number of rotatable bonds is 8. The maximum absolute atomic E-state index is 11.3. The second-order valence-corrected chi connectivity index (χ2v) is 3.92. The monoisotopic (exact) mass is 268 g/mol. The molecule has 7 heteroatoms. The van der Waals surface area contributed by atoms with Gasteiger partial charge in [0.05, 0.1) is 12.9 Å². The highest BCUT2D eigenvalue weighted by molar-refractivity contribution is 5.80. The zero-order chi connectivity index (χ0) is 13.9. The standard InChI is InChI=1S/C12H20N4O3/c1-2-19-11(17)9-15-12(18)14-5-3-4-7-16-8-6-13-10-16/h6,8,10H,2-5,7,9H2,1H3,(H2,14,15,18). The average molecular weight is 268 g/mol. The van der Waals surface area contributed by atoms with Gasteiger partial charge in [-0.15, -0.1) is 0 Å². The fourth-order valence-electron chi connectivity index (χ4n) is 1.47. The first kappa shape index (κ1) is 15.0. The van der Waals surface area contributed by atoms with E-state index in [1.807, 2.05) is 10.8 Å². The van der Waals surface area contributed by atoms with Gasteiger partial charge in [-0.25, -0.2) is 9.78 Å². The van der Waals surface area contributed by atoms with Crippen LogP contribution in [0.15, 0.2) is 18.7 Å². The molecule has 0 saturated carbocycles. The zero-order valence-corrected chi connectivity index (χ0v) is 11.1. The SMILES string of the molecule is CCOC(=O)CNC(=O)NCCCCn1ccnc1. The molecule has 106 valence electrons. The van der Waals surface area contributed by atoms with Gasteiger partial charge in [-0.1, -0.05) is 0 Å². The second kappa shape index (κ2) is 8.96. The largest absolute Gasteiger partial charge is 0.465 e. The molecule has 0 unspecified atom stereocenters. The Bertz CT molecular complexity index is 378. The molecular weight excluding hydrogens is 248 g/mol. The summed E-state index contributed by atoms with van der Waals surface area (Å²) in [5.74, 6) is -0.433. The summed E-state index contributed by atoms with van der Waals surface area (Å²) >= 11 is 0. The summed E-state index contributed by atoms with van der Waals surface area (Å²) in [6.07, 6.45) is 7.22. The van der Waals surface area contributed by atoms with Crippen LogP contribution in [0, 0.1) is 0 Å². The van der Waals surface area contributed by atoms with E-state index in [-0.39, 0.29) is 12.6 Å². The number of unbranched alkanes of at least 4 members (excludes halogenated alkanes) is 1. The molecule has 1 aromatic rings. The molecule has 1 rings (SSSR count). The molecule has 0 atom stereocenters. The van der Waals surface area contributed by atoms with Gasteiger partial charge in [0.1, 0.15) is 6.54 Å². The van der Waals surface area contributed by atoms with Crippen molar-refractivity contribution in [3.8, 4) is 0 Å². The van der Waals surface area contributed by atoms with Gasteiger partial charge in [-0.2, -0.15) is 0 Å². The number of aromatic nitrogens is 2. The molecule has 0 radical (unpaired) electrons. The number of imidazole rings is 1. The topological polar surface area (TPSA) is 85.2 Å². The molecule has 1 heterocycles. The quantitative estimate of drug-likeness (QED) is 0.532. The Morgan fingerprint density at radius 3 is 2.84 bits per heavy atom. The predicted octanol–water partition coefficient (Wildman–Crippen LogP) is 0.526. The number of urea groups is 1. The summed E-state index contributed by atoms with van der Waals surface area (Å²) in [5.41, 5.74) is 0. The lowest BCUT2D eigenvalue weighted by atomic mass is 10.3. The van der Waals surface area contributed by atoms with E-state index >= 15 is 0 Å². The highest BCUT2D eigenvalue weighted by atomic mass is 16.5. The lowest BCUT2D eigenvalue weighted by Crippen LogP contribution is -2.39. The lowest BCUT2D eigenvalue weighted by molar-refractivity contribution is -0.141. The molecule has 19 heavy (non-hydrogen) atoms. The second-order valence-electron chi connectivity index (χ2n) is 3.92. The molecule has 0 spiro atoms. The van der Waals surface area contributed by atoms with Crippen molar-refractivity contribution in [2.75, 3.05) is 19.7 Å². The highest BCUT2D eigenvalue weighted by Crippen LogP contribution is 1.93. The number of nitrogens with zero attached hydrogens (tertiary/aromatic N) is 2. The summed E-state index contributed by atoms with van der Waals surface area (Å²) in [7, 11) is 0. The number of aryl methyl sites for hydroxylation is 1. The van der Waals surface area contributed by atoms with Gasteiger partial charge in [0.15, 0.2) is 0 Å². The molecular formula is C12H20N4O3. The van der Waals surface area contributed by atoms with Crippen molar-refractivity contribution in [3.05, 3.63) is 18.7 Å². The first-order chi connectivity index (χ1) is 9.22. The fourth-order valence-corrected chi connectivity index (χ4v) is 1.47.